The Morgan fingerprint density at radius 2 is 1.85 bits per heavy atom. The summed E-state index contributed by atoms with van der Waals surface area (Å²) in [7, 11) is 0. The number of amides is 1. The van der Waals surface area contributed by atoms with Crippen LogP contribution in [-0.4, -0.2) is 17.6 Å². The average Bonchev–Trinajstić information content (AvgIpc) is 2.38. The molecule has 2 rings (SSSR count). The molecular weight excluding hydrogens is 250 g/mol. The first-order chi connectivity index (χ1) is 9.63. The van der Waals surface area contributed by atoms with Gasteiger partial charge in [0.25, 0.3) is 0 Å². The molecule has 2 aromatic rings. The zero-order valence-electron chi connectivity index (χ0n) is 11.6. The number of phenols is 1. The Balaban J connectivity index is 1.78. The van der Waals surface area contributed by atoms with Crippen molar-refractivity contribution in [1.82, 2.24) is 5.32 Å². The number of hydrogen-bond acceptors (Lipinski definition) is 2. The summed E-state index contributed by atoms with van der Waals surface area (Å²) in [6.45, 7) is 2.69. The quantitative estimate of drug-likeness (QED) is 0.876. The first-order valence-corrected chi connectivity index (χ1v) is 6.73. The van der Waals surface area contributed by atoms with E-state index in [0.717, 1.165) is 12.0 Å². The van der Waals surface area contributed by atoms with Crippen molar-refractivity contribution in [3.63, 3.8) is 0 Å². The fourth-order valence-corrected chi connectivity index (χ4v) is 2.13. The third kappa shape index (κ3) is 4.43. The predicted octanol–water partition coefficient (Wildman–Crippen LogP) is 2.60. The standard InChI is InChI=1S/C17H19NO2/c1-13-4-2-5-14(10-13)8-9-18-17(20)12-15-6-3-7-16(19)11-15/h2-7,10-11,19H,8-9,12H2,1H3,(H,18,20). The van der Waals surface area contributed by atoms with E-state index in [-0.39, 0.29) is 11.7 Å². The van der Waals surface area contributed by atoms with Gasteiger partial charge in [0.1, 0.15) is 5.75 Å². The van der Waals surface area contributed by atoms with Crippen molar-refractivity contribution in [3.8, 4) is 5.75 Å². The molecule has 1 amide bonds. The summed E-state index contributed by atoms with van der Waals surface area (Å²) in [6.07, 6.45) is 1.12. The fourth-order valence-electron chi connectivity index (χ4n) is 2.13. The highest BCUT2D eigenvalue weighted by molar-refractivity contribution is 5.78. The van der Waals surface area contributed by atoms with E-state index in [0.29, 0.717) is 13.0 Å². The van der Waals surface area contributed by atoms with Gasteiger partial charge in [-0.2, -0.15) is 0 Å². The molecule has 0 fully saturated rings. The summed E-state index contributed by atoms with van der Waals surface area (Å²) in [4.78, 5) is 11.8. The van der Waals surface area contributed by atoms with Crippen LogP contribution in [0.3, 0.4) is 0 Å². The van der Waals surface area contributed by atoms with Crippen LogP contribution in [-0.2, 0) is 17.6 Å². The van der Waals surface area contributed by atoms with Crippen LogP contribution >= 0.6 is 0 Å². The molecule has 3 nitrogen and oxygen atoms in total. The molecule has 0 saturated carbocycles. The Hall–Kier alpha value is -2.29. The maximum absolute atomic E-state index is 11.8. The molecule has 0 aliphatic rings. The Bertz CT molecular complexity index is 593. The van der Waals surface area contributed by atoms with E-state index in [2.05, 4.69) is 30.4 Å². The van der Waals surface area contributed by atoms with Crippen molar-refractivity contribution in [2.75, 3.05) is 6.54 Å². The summed E-state index contributed by atoms with van der Waals surface area (Å²) >= 11 is 0. The molecule has 0 aliphatic carbocycles. The van der Waals surface area contributed by atoms with Gasteiger partial charge in [-0.05, 0) is 36.6 Å². The van der Waals surface area contributed by atoms with Gasteiger partial charge in [-0.25, -0.2) is 0 Å². The van der Waals surface area contributed by atoms with Crippen molar-refractivity contribution >= 4 is 5.91 Å². The second kappa shape index (κ2) is 6.75. The zero-order valence-corrected chi connectivity index (χ0v) is 11.6. The third-order valence-corrected chi connectivity index (χ3v) is 3.09. The SMILES string of the molecule is Cc1cccc(CCNC(=O)Cc2cccc(O)c2)c1. The highest BCUT2D eigenvalue weighted by Crippen LogP contribution is 2.11. The lowest BCUT2D eigenvalue weighted by molar-refractivity contribution is -0.120. The summed E-state index contributed by atoms with van der Waals surface area (Å²) in [5.74, 6) is 0.165. The Morgan fingerprint density at radius 1 is 1.10 bits per heavy atom. The minimum Gasteiger partial charge on any atom is -0.508 e. The molecule has 0 atom stereocenters. The maximum atomic E-state index is 11.8. The molecule has 0 unspecified atom stereocenters. The molecule has 2 N–H and O–H groups in total. The monoisotopic (exact) mass is 269 g/mol. The van der Waals surface area contributed by atoms with Gasteiger partial charge in [-0.1, -0.05) is 42.0 Å². The molecule has 104 valence electrons. The number of carbonyl (C=O) groups is 1. The van der Waals surface area contributed by atoms with E-state index in [1.165, 1.54) is 11.1 Å². The van der Waals surface area contributed by atoms with E-state index in [1.807, 2.05) is 12.1 Å². The van der Waals surface area contributed by atoms with Gasteiger partial charge in [0.15, 0.2) is 0 Å². The van der Waals surface area contributed by atoms with Crippen molar-refractivity contribution in [1.29, 1.82) is 0 Å². The van der Waals surface area contributed by atoms with Gasteiger partial charge >= 0.3 is 0 Å². The molecule has 3 heteroatoms. The van der Waals surface area contributed by atoms with Gasteiger partial charge in [-0.15, -0.1) is 0 Å². The first-order valence-electron chi connectivity index (χ1n) is 6.73. The third-order valence-electron chi connectivity index (χ3n) is 3.09. The second-order valence-corrected chi connectivity index (χ2v) is 4.94. The Kier molecular flexibility index (Phi) is 4.77. The summed E-state index contributed by atoms with van der Waals surface area (Å²) in [5.41, 5.74) is 3.27. The molecule has 0 aromatic heterocycles. The van der Waals surface area contributed by atoms with Crippen LogP contribution in [0.5, 0.6) is 5.75 Å². The van der Waals surface area contributed by atoms with Gasteiger partial charge in [0.05, 0.1) is 6.42 Å². The van der Waals surface area contributed by atoms with Crippen molar-refractivity contribution in [2.24, 2.45) is 0 Å². The van der Waals surface area contributed by atoms with Gasteiger partial charge in [0.2, 0.25) is 5.91 Å². The minimum absolute atomic E-state index is 0.0248. The molecular formula is C17H19NO2. The van der Waals surface area contributed by atoms with Crippen LogP contribution in [0.2, 0.25) is 0 Å². The molecule has 20 heavy (non-hydrogen) atoms. The number of nitrogens with one attached hydrogen (secondary N) is 1. The molecule has 0 radical (unpaired) electrons. The fraction of sp³-hybridized carbons (Fsp3) is 0.235. The largest absolute Gasteiger partial charge is 0.508 e. The van der Waals surface area contributed by atoms with Crippen LogP contribution in [0.4, 0.5) is 0 Å². The van der Waals surface area contributed by atoms with Gasteiger partial charge < -0.3 is 10.4 Å². The Labute approximate surface area is 119 Å². The number of benzene rings is 2. The number of hydrogen-bond donors (Lipinski definition) is 2. The van der Waals surface area contributed by atoms with E-state index in [1.54, 1.807) is 18.2 Å². The van der Waals surface area contributed by atoms with Crippen molar-refractivity contribution in [2.45, 2.75) is 19.8 Å². The van der Waals surface area contributed by atoms with E-state index < -0.39 is 0 Å². The van der Waals surface area contributed by atoms with Crippen LogP contribution in [0.25, 0.3) is 0 Å². The molecule has 0 aliphatic heterocycles. The Morgan fingerprint density at radius 3 is 2.60 bits per heavy atom. The molecule has 0 spiro atoms. The number of phenolic OH excluding ortho intramolecular Hbond substituents is 1. The lowest BCUT2D eigenvalue weighted by Gasteiger charge is -2.06. The molecule has 2 aromatic carbocycles. The minimum atomic E-state index is -0.0248. The predicted molar refractivity (Wildman–Crippen MR) is 79.7 cm³/mol. The maximum Gasteiger partial charge on any atom is 0.224 e. The number of carbonyl (C=O) groups excluding carboxylic acids is 1. The lowest BCUT2D eigenvalue weighted by Crippen LogP contribution is -2.27. The van der Waals surface area contributed by atoms with E-state index in [9.17, 15) is 9.90 Å². The average molecular weight is 269 g/mol. The van der Waals surface area contributed by atoms with Crippen LogP contribution < -0.4 is 5.32 Å². The molecule has 0 bridgehead atoms. The van der Waals surface area contributed by atoms with E-state index in [4.69, 9.17) is 0 Å². The van der Waals surface area contributed by atoms with Gasteiger partial charge in [-0.3, -0.25) is 4.79 Å². The highest BCUT2D eigenvalue weighted by atomic mass is 16.3. The molecule has 0 heterocycles. The highest BCUT2D eigenvalue weighted by Gasteiger charge is 2.03. The number of aromatic hydroxyl groups is 1. The van der Waals surface area contributed by atoms with E-state index >= 15 is 0 Å². The number of rotatable bonds is 5. The van der Waals surface area contributed by atoms with Crippen molar-refractivity contribution < 1.29 is 9.90 Å². The normalized spacial score (nSPS) is 10.2. The first kappa shape index (κ1) is 14.1. The van der Waals surface area contributed by atoms with Crippen molar-refractivity contribution in [3.05, 3.63) is 65.2 Å². The smallest absolute Gasteiger partial charge is 0.224 e. The van der Waals surface area contributed by atoms with Crippen LogP contribution in [0.15, 0.2) is 48.5 Å². The summed E-state index contributed by atoms with van der Waals surface area (Å²) in [6, 6.07) is 15.1. The molecule has 0 saturated heterocycles. The second-order valence-electron chi connectivity index (χ2n) is 4.94. The summed E-state index contributed by atoms with van der Waals surface area (Å²) in [5, 5.41) is 12.2. The topological polar surface area (TPSA) is 49.3 Å². The van der Waals surface area contributed by atoms with Crippen LogP contribution in [0, 0.1) is 6.92 Å². The lowest BCUT2D eigenvalue weighted by atomic mass is 10.1. The van der Waals surface area contributed by atoms with Crippen LogP contribution in [0.1, 0.15) is 16.7 Å². The number of aryl methyl sites for hydroxylation is 1. The summed E-state index contributed by atoms with van der Waals surface area (Å²) < 4.78 is 0. The zero-order chi connectivity index (χ0) is 14.4. The van der Waals surface area contributed by atoms with Gasteiger partial charge in [0, 0.05) is 6.54 Å².